The van der Waals surface area contributed by atoms with Crippen LogP contribution < -0.4 is 10.0 Å². The fourth-order valence-corrected chi connectivity index (χ4v) is 4.17. The lowest BCUT2D eigenvalue weighted by atomic mass is 10.2. The minimum atomic E-state index is -4.04. The van der Waals surface area contributed by atoms with Crippen LogP contribution in [-0.4, -0.2) is 38.9 Å². The van der Waals surface area contributed by atoms with Crippen LogP contribution in [0, 0.1) is 13.8 Å². The van der Waals surface area contributed by atoms with Crippen molar-refractivity contribution in [3.05, 3.63) is 46.8 Å². The predicted molar refractivity (Wildman–Crippen MR) is 96.9 cm³/mol. The molecule has 0 unspecified atom stereocenters. The summed E-state index contributed by atoms with van der Waals surface area (Å²) in [5, 5.41) is 2.46. The number of esters is 1. The van der Waals surface area contributed by atoms with E-state index in [4.69, 9.17) is 4.74 Å². The number of para-hydroxylation sites is 1. The van der Waals surface area contributed by atoms with Gasteiger partial charge in [0.05, 0.1) is 17.9 Å². The van der Waals surface area contributed by atoms with E-state index in [1.54, 1.807) is 26.0 Å². The number of hydrogen-bond acceptors (Lipinski definition) is 5. The van der Waals surface area contributed by atoms with Crippen molar-refractivity contribution in [2.75, 3.05) is 18.4 Å². The van der Waals surface area contributed by atoms with Gasteiger partial charge in [0.15, 0.2) is 0 Å². The largest absolute Gasteiger partial charge is 0.461 e. The van der Waals surface area contributed by atoms with Crippen molar-refractivity contribution in [2.45, 2.75) is 25.7 Å². The summed E-state index contributed by atoms with van der Waals surface area (Å²) in [5.41, 5.74) is 0.977. The number of H-pyrrole nitrogens is 1. The SMILES string of the molecule is CCOC(=O)c1[nH]c(C)c(S(=O)(=O)Nc2ccccc2C(=O)NC)c1C. The summed E-state index contributed by atoms with van der Waals surface area (Å²) in [5.74, 6) is -1.04. The number of ether oxygens (including phenoxy) is 1. The van der Waals surface area contributed by atoms with E-state index in [0.29, 0.717) is 5.69 Å². The number of aryl methyl sites for hydroxylation is 1. The standard InChI is InChI=1S/C17H21N3O5S/c1-5-25-17(22)14-10(2)15(11(3)19-14)26(23,24)20-13-9-7-6-8-12(13)16(21)18-4/h6-9,19-20H,5H2,1-4H3,(H,18,21). The molecule has 1 aromatic heterocycles. The molecule has 0 saturated heterocycles. The van der Waals surface area contributed by atoms with Crippen LogP contribution in [0.25, 0.3) is 0 Å². The van der Waals surface area contributed by atoms with E-state index >= 15 is 0 Å². The number of aromatic amines is 1. The van der Waals surface area contributed by atoms with Gasteiger partial charge in [-0.1, -0.05) is 12.1 Å². The highest BCUT2D eigenvalue weighted by Crippen LogP contribution is 2.27. The molecule has 0 bridgehead atoms. The van der Waals surface area contributed by atoms with Gasteiger partial charge in [0.25, 0.3) is 15.9 Å². The second-order valence-corrected chi connectivity index (χ2v) is 7.15. The summed E-state index contributed by atoms with van der Waals surface area (Å²) < 4.78 is 33.1. The Balaban J connectivity index is 2.47. The Morgan fingerprint density at radius 2 is 1.85 bits per heavy atom. The fourth-order valence-electron chi connectivity index (χ4n) is 2.64. The molecule has 0 aliphatic heterocycles. The molecule has 2 aromatic rings. The van der Waals surface area contributed by atoms with E-state index in [1.807, 2.05) is 0 Å². The minimum absolute atomic E-state index is 0.0488. The van der Waals surface area contributed by atoms with Gasteiger partial charge < -0.3 is 15.0 Å². The number of anilines is 1. The van der Waals surface area contributed by atoms with Crippen LogP contribution in [-0.2, 0) is 14.8 Å². The molecule has 26 heavy (non-hydrogen) atoms. The second kappa shape index (κ2) is 7.61. The molecule has 0 saturated carbocycles. The molecule has 0 radical (unpaired) electrons. The molecule has 8 nitrogen and oxygen atoms in total. The molecular formula is C17H21N3O5S. The Kier molecular flexibility index (Phi) is 5.71. The number of amides is 1. The van der Waals surface area contributed by atoms with Crippen molar-refractivity contribution < 1.29 is 22.7 Å². The molecule has 140 valence electrons. The van der Waals surface area contributed by atoms with Crippen LogP contribution in [0.5, 0.6) is 0 Å². The van der Waals surface area contributed by atoms with Crippen LogP contribution in [0.3, 0.4) is 0 Å². The van der Waals surface area contributed by atoms with Gasteiger partial charge in [-0.15, -0.1) is 0 Å². The summed E-state index contributed by atoms with van der Waals surface area (Å²) in [7, 11) is -2.58. The van der Waals surface area contributed by atoms with Crippen molar-refractivity contribution >= 4 is 27.6 Å². The lowest BCUT2D eigenvalue weighted by molar-refractivity contribution is 0.0519. The minimum Gasteiger partial charge on any atom is -0.461 e. The van der Waals surface area contributed by atoms with E-state index in [0.717, 1.165) is 0 Å². The smallest absolute Gasteiger partial charge is 0.355 e. The Bertz CT molecular complexity index is 947. The van der Waals surface area contributed by atoms with E-state index in [9.17, 15) is 18.0 Å². The van der Waals surface area contributed by atoms with Crippen LogP contribution in [0.1, 0.15) is 39.0 Å². The van der Waals surface area contributed by atoms with Gasteiger partial charge in [0.1, 0.15) is 10.6 Å². The van der Waals surface area contributed by atoms with Crippen molar-refractivity contribution in [2.24, 2.45) is 0 Å². The highest BCUT2D eigenvalue weighted by atomic mass is 32.2. The number of rotatable bonds is 6. The Hall–Kier alpha value is -2.81. The zero-order valence-electron chi connectivity index (χ0n) is 15.0. The average molecular weight is 379 g/mol. The number of sulfonamides is 1. The Morgan fingerprint density at radius 3 is 2.46 bits per heavy atom. The van der Waals surface area contributed by atoms with Gasteiger partial charge in [0.2, 0.25) is 0 Å². The highest BCUT2D eigenvalue weighted by Gasteiger charge is 2.28. The van der Waals surface area contributed by atoms with E-state index < -0.39 is 21.9 Å². The van der Waals surface area contributed by atoms with E-state index in [1.165, 1.54) is 26.1 Å². The molecule has 0 aliphatic rings. The summed E-state index contributed by atoms with van der Waals surface area (Å²) in [4.78, 5) is 26.6. The molecule has 0 aliphatic carbocycles. The molecule has 0 spiro atoms. The summed E-state index contributed by atoms with van der Waals surface area (Å²) in [6, 6.07) is 6.25. The molecule has 9 heteroatoms. The average Bonchev–Trinajstić information content (AvgIpc) is 2.89. The van der Waals surface area contributed by atoms with E-state index in [2.05, 4.69) is 15.0 Å². The van der Waals surface area contributed by atoms with Crippen molar-refractivity contribution in [3.63, 3.8) is 0 Å². The topological polar surface area (TPSA) is 117 Å². The summed E-state index contributed by atoms with van der Waals surface area (Å²) >= 11 is 0. The third-order valence-corrected chi connectivity index (χ3v) is 5.40. The zero-order valence-corrected chi connectivity index (χ0v) is 15.8. The van der Waals surface area contributed by atoms with E-state index in [-0.39, 0.29) is 34.0 Å². The lowest BCUT2D eigenvalue weighted by Crippen LogP contribution is -2.22. The second-order valence-electron chi connectivity index (χ2n) is 5.53. The van der Waals surface area contributed by atoms with Crippen LogP contribution in [0.15, 0.2) is 29.2 Å². The summed E-state index contributed by atoms with van der Waals surface area (Å²) in [6.07, 6.45) is 0. The first kappa shape index (κ1) is 19.5. The van der Waals surface area contributed by atoms with Gasteiger partial charge in [0, 0.05) is 18.3 Å². The molecule has 3 N–H and O–H groups in total. The number of benzene rings is 1. The van der Waals surface area contributed by atoms with Gasteiger partial charge in [-0.3, -0.25) is 9.52 Å². The molecule has 1 aromatic carbocycles. The number of hydrogen-bond donors (Lipinski definition) is 3. The molecule has 1 amide bonds. The fraction of sp³-hybridized carbons (Fsp3) is 0.294. The highest BCUT2D eigenvalue weighted by molar-refractivity contribution is 7.92. The van der Waals surface area contributed by atoms with Crippen molar-refractivity contribution in [1.29, 1.82) is 0 Å². The van der Waals surface area contributed by atoms with Crippen LogP contribution >= 0.6 is 0 Å². The van der Waals surface area contributed by atoms with Gasteiger partial charge in [-0.25, -0.2) is 13.2 Å². The lowest BCUT2D eigenvalue weighted by Gasteiger charge is -2.12. The number of aromatic nitrogens is 1. The molecular weight excluding hydrogens is 358 g/mol. The van der Waals surface area contributed by atoms with Crippen molar-refractivity contribution in [1.82, 2.24) is 10.3 Å². The quantitative estimate of drug-likeness (QED) is 0.663. The first-order valence-electron chi connectivity index (χ1n) is 7.93. The maximum atomic E-state index is 12.9. The number of carbonyl (C=O) groups is 2. The maximum absolute atomic E-state index is 12.9. The van der Waals surface area contributed by atoms with Gasteiger partial charge >= 0.3 is 5.97 Å². The maximum Gasteiger partial charge on any atom is 0.355 e. The van der Waals surface area contributed by atoms with Gasteiger partial charge in [-0.05, 0) is 32.9 Å². The van der Waals surface area contributed by atoms with Gasteiger partial charge in [-0.2, -0.15) is 0 Å². The summed E-state index contributed by atoms with van der Waals surface area (Å²) in [6.45, 7) is 4.91. The van der Waals surface area contributed by atoms with Crippen molar-refractivity contribution in [3.8, 4) is 0 Å². The van der Waals surface area contributed by atoms with Crippen LogP contribution in [0.2, 0.25) is 0 Å². The first-order valence-corrected chi connectivity index (χ1v) is 9.41. The molecule has 1 heterocycles. The third-order valence-electron chi connectivity index (χ3n) is 3.76. The normalized spacial score (nSPS) is 11.1. The first-order chi connectivity index (χ1) is 12.2. The molecule has 0 fully saturated rings. The number of carbonyl (C=O) groups excluding carboxylic acids is 2. The number of nitrogens with one attached hydrogen (secondary N) is 3. The Labute approximate surface area is 152 Å². The third kappa shape index (κ3) is 3.72. The monoisotopic (exact) mass is 379 g/mol. The van der Waals surface area contributed by atoms with Crippen LogP contribution in [0.4, 0.5) is 5.69 Å². The zero-order chi connectivity index (χ0) is 19.5. The Morgan fingerprint density at radius 1 is 1.19 bits per heavy atom. The predicted octanol–water partition coefficient (Wildman–Crippen LogP) is 1.97. The molecule has 2 rings (SSSR count). The molecule has 0 atom stereocenters.